The molecule has 33 heavy (non-hydrogen) atoms. The number of amides is 1. The molecule has 1 heterocycles. The van der Waals surface area contributed by atoms with E-state index in [-0.39, 0.29) is 28.0 Å². The number of hydrogen-bond acceptors (Lipinski definition) is 8. The normalized spacial score (nSPS) is 12.9. The van der Waals surface area contributed by atoms with Crippen LogP contribution >= 0.6 is 11.6 Å². The van der Waals surface area contributed by atoms with Gasteiger partial charge < -0.3 is 19.5 Å². The monoisotopic (exact) mass is 491 g/mol. The van der Waals surface area contributed by atoms with Gasteiger partial charge in [0, 0.05) is 14.1 Å². The average molecular weight is 492 g/mol. The number of halogens is 1. The molecule has 12 heteroatoms. The quantitative estimate of drug-likeness (QED) is 0.354. The lowest BCUT2D eigenvalue weighted by molar-refractivity contribution is -0.142. The van der Waals surface area contributed by atoms with Gasteiger partial charge >= 0.3 is 5.97 Å². The van der Waals surface area contributed by atoms with Crippen molar-refractivity contribution in [2.24, 2.45) is 0 Å². The SMILES string of the molecule is CN(C)S(=O)(=O)c1ccc(Cl)c(NC(=O)COC(=O)C(C#N)=Cc2ccc3c(c2)OCO3)c1. The van der Waals surface area contributed by atoms with Crippen LogP contribution in [0.2, 0.25) is 5.02 Å². The number of rotatable bonds is 7. The zero-order valence-corrected chi connectivity index (χ0v) is 19.1. The second-order valence-corrected chi connectivity index (χ2v) is 9.39. The van der Waals surface area contributed by atoms with E-state index >= 15 is 0 Å². The predicted octanol–water partition coefficient (Wildman–Crippen LogP) is 2.41. The van der Waals surface area contributed by atoms with Crippen molar-refractivity contribution in [3.63, 3.8) is 0 Å². The maximum atomic E-state index is 12.3. The highest BCUT2D eigenvalue weighted by atomic mass is 35.5. The Bertz CT molecular complexity index is 1280. The van der Waals surface area contributed by atoms with Crippen molar-refractivity contribution in [1.29, 1.82) is 5.26 Å². The third-order valence-corrected chi connectivity index (χ3v) is 6.51. The molecule has 0 aliphatic carbocycles. The Kier molecular flexibility index (Phi) is 7.23. The number of carbonyl (C=O) groups is 2. The Hall–Kier alpha value is -3.59. The largest absolute Gasteiger partial charge is 0.454 e. The maximum absolute atomic E-state index is 12.3. The molecule has 0 fully saturated rings. The summed E-state index contributed by atoms with van der Waals surface area (Å²) in [4.78, 5) is 24.4. The van der Waals surface area contributed by atoms with Crippen molar-refractivity contribution >= 4 is 45.3 Å². The number of hydrogen-bond donors (Lipinski definition) is 1. The smallest absolute Gasteiger partial charge is 0.349 e. The number of nitriles is 1. The molecule has 0 saturated carbocycles. The van der Waals surface area contributed by atoms with Gasteiger partial charge in [0.1, 0.15) is 11.6 Å². The van der Waals surface area contributed by atoms with Crippen LogP contribution in [0, 0.1) is 11.3 Å². The highest BCUT2D eigenvalue weighted by Crippen LogP contribution is 2.33. The minimum atomic E-state index is -3.75. The molecule has 0 bridgehead atoms. The summed E-state index contributed by atoms with van der Waals surface area (Å²) in [5, 5.41) is 11.8. The van der Waals surface area contributed by atoms with E-state index in [1.165, 1.54) is 38.4 Å². The number of benzene rings is 2. The van der Waals surface area contributed by atoms with Crippen molar-refractivity contribution < 1.29 is 32.2 Å². The van der Waals surface area contributed by atoms with Crippen molar-refractivity contribution in [2.45, 2.75) is 4.90 Å². The molecule has 2 aromatic carbocycles. The van der Waals surface area contributed by atoms with Gasteiger partial charge in [0.2, 0.25) is 16.8 Å². The Balaban J connectivity index is 1.66. The van der Waals surface area contributed by atoms with Crippen LogP contribution in [0.25, 0.3) is 6.08 Å². The summed E-state index contributed by atoms with van der Waals surface area (Å²) in [5.41, 5.74) is 0.193. The molecule has 0 saturated heterocycles. The molecule has 1 aliphatic rings. The van der Waals surface area contributed by atoms with Gasteiger partial charge in [0.25, 0.3) is 5.91 Å². The summed E-state index contributed by atoms with van der Waals surface area (Å²) < 4.78 is 40.9. The number of sulfonamides is 1. The van der Waals surface area contributed by atoms with Gasteiger partial charge in [0.15, 0.2) is 18.1 Å². The Morgan fingerprint density at radius 2 is 1.94 bits per heavy atom. The number of nitrogens with zero attached hydrogens (tertiary/aromatic N) is 2. The second-order valence-electron chi connectivity index (χ2n) is 6.84. The summed E-state index contributed by atoms with van der Waals surface area (Å²) in [6, 6.07) is 10.4. The zero-order chi connectivity index (χ0) is 24.2. The molecule has 1 aliphatic heterocycles. The van der Waals surface area contributed by atoms with E-state index in [1.54, 1.807) is 24.3 Å². The molecule has 0 radical (unpaired) electrons. The van der Waals surface area contributed by atoms with Crippen LogP contribution in [-0.4, -0.2) is 52.1 Å². The number of fused-ring (bicyclic) bond motifs is 1. The molecule has 172 valence electrons. The number of carbonyl (C=O) groups excluding carboxylic acids is 2. The second kappa shape index (κ2) is 9.91. The topological polar surface area (TPSA) is 135 Å². The highest BCUT2D eigenvalue weighted by molar-refractivity contribution is 7.89. The standard InChI is InChI=1S/C21H18ClN3O7S/c1-25(2)33(28,29)15-4-5-16(22)17(9-15)24-20(26)11-30-21(27)14(10-23)7-13-3-6-18-19(8-13)32-12-31-18/h3-9H,11-12H2,1-2H3,(H,24,26). The fourth-order valence-corrected chi connectivity index (χ4v) is 3.77. The molecular formula is C21H18ClN3O7S. The Labute approximate surface area is 195 Å². The van der Waals surface area contributed by atoms with Crippen molar-refractivity contribution in [3.05, 3.63) is 52.6 Å². The van der Waals surface area contributed by atoms with Gasteiger partial charge in [-0.2, -0.15) is 5.26 Å². The lowest BCUT2D eigenvalue weighted by Gasteiger charge is -2.14. The van der Waals surface area contributed by atoms with Crippen LogP contribution < -0.4 is 14.8 Å². The minimum absolute atomic E-state index is 0.0250. The average Bonchev–Trinajstić information content (AvgIpc) is 3.25. The van der Waals surface area contributed by atoms with Crippen LogP contribution in [0.1, 0.15) is 5.56 Å². The molecule has 2 aromatic rings. The van der Waals surface area contributed by atoms with E-state index in [9.17, 15) is 23.3 Å². The van der Waals surface area contributed by atoms with Gasteiger partial charge in [-0.15, -0.1) is 0 Å². The molecule has 0 spiro atoms. The fourth-order valence-electron chi connectivity index (χ4n) is 2.67. The molecule has 0 unspecified atom stereocenters. The Morgan fingerprint density at radius 3 is 2.64 bits per heavy atom. The first kappa shape index (κ1) is 24.1. The van der Waals surface area contributed by atoms with E-state index in [0.29, 0.717) is 17.1 Å². The van der Waals surface area contributed by atoms with Crippen LogP contribution in [0.3, 0.4) is 0 Å². The highest BCUT2D eigenvalue weighted by Gasteiger charge is 2.20. The molecule has 0 atom stereocenters. The van der Waals surface area contributed by atoms with E-state index in [0.717, 1.165) is 4.31 Å². The van der Waals surface area contributed by atoms with Gasteiger partial charge in [-0.3, -0.25) is 4.79 Å². The van der Waals surface area contributed by atoms with Crippen molar-refractivity contribution in [1.82, 2.24) is 4.31 Å². The third kappa shape index (κ3) is 5.61. The first-order chi connectivity index (χ1) is 15.6. The first-order valence-corrected chi connectivity index (χ1v) is 11.1. The van der Waals surface area contributed by atoms with Crippen LogP contribution in [0.15, 0.2) is 46.9 Å². The van der Waals surface area contributed by atoms with E-state index < -0.39 is 28.5 Å². The number of nitrogens with one attached hydrogen (secondary N) is 1. The summed E-state index contributed by atoms with van der Waals surface area (Å²) in [6.07, 6.45) is 1.29. The number of esters is 1. The lowest BCUT2D eigenvalue weighted by Crippen LogP contribution is -2.23. The van der Waals surface area contributed by atoms with Gasteiger partial charge in [-0.1, -0.05) is 17.7 Å². The summed E-state index contributed by atoms with van der Waals surface area (Å²) in [7, 11) is -1.02. The van der Waals surface area contributed by atoms with Crippen LogP contribution in [-0.2, 0) is 24.3 Å². The minimum Gasteiger partial charge on any atom is -0.454 e. The van der Waals surface area contributed by atoms with E-state index in [1.807, 2.05) is 0 Å². The van der Waals surface area contributed by atoms with Crippen molar-refractivity contribution in [2.75, 3.05) is 32.8 Å². The Morgan fingerprint density at radius 1 is 1.21 bits per heavy atom. The molecule has 3 rings (SSSR count). The summed E-state index contributed by atoms with van der Waals surface area (Å²) in [6.45, 7) is -0.640. The molecule has 1 amide bonds. The number of ether oxygens (including phenoxy) is 3. The van der Waals surface area contributed by atoms with Crippen LogP contribution in [0.5, 0.6) is 11.5 Å². The molecule has 0 aromatic heterocycles. The van der Waals surface area contributed by atoms with Crippen molar-refractivity contribution in [3.8, 4) is 17.6 Å². The van der Waals surface area contributed by atoms with E-state index in [4.69, 9.17) is 25.8 Å². The van der Waals surface area contributed by atoms with Gasteiger partial charge in [-0.25, -0.2) is 17.5 Å². The molecule has 1 N–H and O–H groups in total. The lowest BCUT2D eigenvalue weighted by atomic mass is 10.1. The van der Waals surface area contributed by atoms with Crippen LogP contribution in [0.4, 0.5) is 5.69 Å². The first-order valence-electron chi connectivity index (χ1n) is 9.32. The van der Waals surface area contributed by atoms with E-state index in [2.05, 4.69) is 5.32 Å². The zero-order valence-electron chi connectivity index (χ0n) is 17.5. The van der Waals surface area contributed by atoms with Gasteiger partial charge in [-0.05, 0) is 42.0 Å². The van der Waals surface area contributed by atoms with Gasteiger partial charge in [0.05, 0.1) is 15.6 Å². The molecular weight excluding hydrogens is 474 g/mol. The predicted molar refractivity (Wildman–Crippen MR) is 118 cm³/mol. The molecule has 10 nitrogen and oxygen atoms in total. The summed E-state index contributed by atoms with van der Waals surface area (Å²) >= 11 is 6.03. The summed E-state index contributed by atoms with van der Waals surface area (Å²) in [5.74, 6) is -0.763. The third-order valence-electron chi connectivity index (χ3n) is 4.37. The fraction of sp³-hybridized carbons (Fsp3) is 0.190. The maximum Gasteiger partial charge on any atom is 0.349 e. The number of anilines is 1.